The zero-order valence-corrected chi connectivity index (χ0v) is 11.8. The first kappa shape index (κ1) is 13.4. The first-order chi connectivity index (χ1) is 10.2. The van der Waals surface area contributed by atoms with Gasteiger partial charge in [-0.05, 0) is 25.5 Å². The molecule has 3 aromatic rings. The van der Waals surface area contributed by atoms with E-state index in [-0.39, 0.29) is 5.56 Å². The van der Waals surface area contributed by atoms with Crippen molar-refractivity contribution < 1.29 is 0 Å². The molecule has 0 saturated carbocycles. The summed E-state index contributed by atoms with van der Waals surface area (Å²) in [6.07, 6.45) is 4.68. The Hall–Kier alpha value is -2.63. The fraction of sp³-hybridized carbons (Fsp3) is 0.267. The van der Waals surface area contributed by atoms with Crippen molar-refractivity contribution >= 4 is 16.9 Å². The highest BCUT2D eigenvalue weighted by Crippen LogP contribution is 2.07. The molecule has 0 fully saturated rings. The van der Waals surface area contributed by atoms with E-state index in [2.05, 4.69) is 24.8 Å². The number of aromatic amines is 1. The first-order valence-electron chi connectivity index (χ1n) is 6.95. The molecule has 1 aromatic carbocycles. The van der Waals surface area contributed by atoms with E-state index in [1.54, 1.807) is 12.3 Å². The Bertz CT molecular complexity index is 805. The smallest absolute Gasteiger partial charge is 0.260 e. The Morgan fingerprint density at radius 3 is 3.00 bits per heavy atom. The SMILES string of the molecule is Cc1nccn1CCCNc1nc2ccccc2c(=O)[nH]1. The minimum Gasteiger partial charge on any atom is -0.356 e. The van der Waals surface area contributed by atoms with Crippen LogP contribution in [0, 0.1) is 6.92 Å². The lowest BCUT2D eigenvalue weighted by atomic mass is 10.2. The van der Waals surface area contributed by atoms with E-state index in [1.165, 1.54) is 0 Å². The number of aromatic nitrogens is 4. The van der Waals surface area contributed by atoms with Gasteiger partial charge in [0.25, 0.3) is 5.56 Å². The second-order valence-electron chi connectivity index (χ2n) is 4.88. The van der Waals surface area contributed by atoms with E-state index in [1.807, 2.05) is 31.3 Å². The largest absolute Gasteiger partial charge is 0.356 e. The quantitative estimate of drug-likeness (QED) is 0.702. The molecule has 3 rings (SSSR count). The number of hydrogen-bond donors (Lipinski definition) is 2. The number of rotatable bonds is 5. The molecule has 0 amide bonds. The van der Waals surface area contributed by atoms with Gasteiger partial charge in [0.05, 0.1) is 10.9 Å². The molecule has 2 N–H and O–H groups in total. The lowest BCUT2D eigenvalue weighted by Gasteiger charge is -2.07. The average Bonchev–Trinajstić information content (AvgIpc) is 2.89. The van der Waals surface area contributed by atoms with Crippen molar-refractivity contribution in [2.75, 3.05) is 11.9 Å². The number of benzene rings is 1. The molecule has 2 aromatic heterocycles. The summed E-state index contributed by atoms with van der Waals surface area (Å²) in [5, 5.41) is 3.77. The van der Waals surface area contributed by atoms with Crippen LogP contribution in [-0.2, 0) is 6.54 Å². The normalized spacial score (nSPS) is 10.9. The number of imidazole rings is 1. The van der Waals surface area contributed by atoms with Gasteiger partial charge in [0, 0.05) is 25.5 Å². The number of para-hydroxylation sites is 1. The second-order valence-corrected chi connectivity index (χ2v) is 4.88. The van der Waals surface area contributed by atoms with Crippen LogP contribution in [0.25, 0.3) is 10.9 Å². The molecule has 0 saturated heterocycles. The second kappa shape index (κ2) is 5.78. The summed E-state index contributed by atoms with van der Waals surface area (Å²) >= 11 is 0. The van der Waals surface area contributed by atoms with Crippen molar-refractivity contribution in [3.63, 3.8) is 0 Å². The number of aryl methyl sites for hydroxylation is 2. The van der Waals surface area contributed by atoms with Gasteiger partial charge in [-0.2, -0.15) is 0 Å². The number of H-pyrrole nitrogens is 1. The lowest BCUT2D eigenvalue weighted by Crippen LogP contribution is -2.15. The van der Waals surface area contributed by atoms with Crippen molar-refractivity contribution in [1.29, 1.82) is 0 Å². The van der Waals surface area contributed by atoms with E-state index in [0.29, 0.717) is 16.9 Å². The summed E-state index contributed by atoms with van der Waals surface area (Å²) in [6.45, 7) is 3.60. The number of fused-ring (bicyclic) bond motifs is 1. The Kier molecular flexibility index (Phi) is 3.68. The molecule has 0 radical (unpaired) electrons. The van der Waals surface area contributed by atoms with Gasteiger partial charge < -0.3 is 9.88 Å². The summed E-state index contributed by atoms with van der Waals surface area (Å²) in [7, 11) is 0. The van der Waals surface area contributed by atoms with Gasteiger partial charge in [0.15, 0.2) is 0 Å². The maximum absolute atomic E-state index is 11.9. The van der Waals surface area contributed by atoms with Gasteiger partial charge in [-0.3, -0.25) is 9.78 Å². The fourth-order valence-electron chi connectivity index (χ4n) is 2.27. The number of nitrogens with zero attached hydrogens (tertiary/aromatic N) is 3. The van der Waals surface area contributed by atoms with Crippen LogP contribution in [0.4, 0.5) is 5.95 Å². The molecule has 0 aliphatic carbocycles. The van der Waals surface area contributed by atoms with E-state index in [4.69, 9.17) is 0 Å². The molecule has 0 bridgehead atoms. The highest BCUT2D eigenvalue weighted by molar-refractivity contribution is 5.78. The molecule has 21 heavy (non-hydrogen) atoms. The van der Waals surface area contributed by atoms with Crippen molar-refractivity contribution in [3.8, 4) is 0 Å². The zero-order valence-electron chi connectivity index (χ0n) is 11.8. The number of hydrogen-bond acceptors (Lipinski definition) is 4. The van der Waals surface area contributed by atoms with Crippen LogP contribution in [-0.4, -0.2) is 26.1 Å². The molecule has 0 aliphatic rings. The third kappa shape index (κ3) is 2.94. The Labute approximate surface area is 121 Å². The minimum absolute atomic E-state index is 0.117. The Morgan fingerprint density at radius 1 is 1.33 bits per heavy atom. The molecule has 0 atom stereocenters. The summed E-state index contributed by atoms with van der Waals surface area (Å²) in [4.78, 5) is 23.3. The topological polar surface area (TPSA) is 75.6 Å². The summed E-state index contributed by atoms with van der Waals surface area (Å²) in [5.41, 5.74) is 0.586. The van der Waals surface area contributed by atoms with E-state index < -0.39 is 0 Å². The Balaban J connectivity index is 1.63. The predicted molar refractivity (Wildman–Crippen MR) is 82.4 cm³/mol. The molecule has 0 aliphatic heterocycles. The average molecular weight is 283 g/mol. The van der Waals surface area contributed by atoms with Crippen LogP contribution in [0.2, 0.25) is 0 Å². The maximum atomic E-state index is 11.9. The fourth-order valence-corrected chi connectivity index (χ4v) is 2.27. The van der Waals surface area contributed by atoms with Gasteiger partial charge in [-0.25, -0.2) is 9.97 Å². The standard InChI is InChI=1S/C15H17N5O/c1-11-16-8-10-20(11)9-4-7-17-15-18-13-6-3-2-5-12(13)14(21)19-15/h2-3,5-6,8,10H,4,7,9H2,1H3,(H2,17,18,19,21). The van der Waals surface area contributed by atoms with E-state index in [0.717, 1.165) is 25.3 Å². The number of nitrogens with one attached hydrogen (secondary N) is 2. The summed E-state index contributed by atoms with van der Waals surface area (Å²) in [6, 6.07) is 7.32. The van der Waals surface area contributed by atoms with Crippen molar-refractivity contribution in [2.45, 2.75) is 19.9 Å². The molecule has 6 heteroatoms. The summed E-state index contributed by atoms with van der Waals surface area (Å²) < 4.78 is 2.10. The maximum Gasteiger partial charge on any atom is 0.260 e. The highest BCUT2D eigenvalue weighted by Gasteiger charge is 2.02. The molecular formula is C15H17N5O. The molecular weight excluding hydrogens is 266 g/mol. The predicted octanol–water partition coefficient (Wildman–Crippen LogP) is 1.93. The van der Waals surface area contributed by atoms with Crippen LogP contribution in [0.5, 0.6) is 0 Å². The van der Waals surface area contributed by atoms with Gasteiger partial charge in [-0.15, -0.1) is 0 Å². The van der Waals surface area contributed by atoms with Crippen molar-refractivity contribution in [1.82, 2.24) is 19.5 Å². The van der Waals surface area contributed by atoms with Gasteiger partial charge >= 0.3 is 0 Å². The lowest BCUT2D eigenvalue weighted by molar-refractivity contribution is 0.641. The van der Waals surface area contributed by atoms with Crippen molar-refractivity contribution in [2.24, 2.45) is 0 Å². The third-order valence-electron chi connectivity index (χ3n) is 3.40. The van der Waals surface area contributed by atoms with Crippen LogP contribution in [0.15, 0.2) is 41.5 Å². The molecule has 0 spiro atoms. The van der Waals surface area contributed by atoms with Crippen LogP contribution in [0.3, 0.4) is 0 Å². The minimum atomic E-state index is -0.117. The monoisotopic (exact) mass is 283 g/mol. The third-order valence-corrected chi connectivity index (χ3v) is 3.40. The van der Waals surface area contributed by atoms with Crippen LogP contribution < -0.4 is 10.9 Å². The van der Waals surface area contributed by atoms with Crippen LogP contribution in [0.1, 0.15) is 12.2 Å². The number of anilines is 1. The molecule has 108 valence electrons. The zero-order chi connectivity index (χ0) is 14.7. The van der Waals surface area contributed by atoms with Crippen molar-refractivity contribution in [3.05, 3.63) is 52.8 Å². The molecule has 0 unspecified atom stereocenters. The first-order valence-corrected chi connectivity index (χ1v) is 6.95. The van der Waals surface area contributed by atoms with E-state index in [9.17, 15) is 4.79 Å². The molecule has 2 heterocycles. The van der Waals surface area contributed by atoms with Gasteiger partial charge in [-0.1, -0.05) is 12.1 Å². The van der Waals surface area contributed by atoms with Crippen LogP contribution >= 0.6 is 0 Å². The highest BCUT2D eigenvalue weighted by atomic mass is 16.1. The van der Waals surface area contributed by atoms with Gasteiger partial charge in [0.2, 0.25) is 5.95 Å². The van der Waals surface area contributed by atoms with E-state index >= 15 is 0 Å². The Morgan fingerprint density at radius 2 is 2.19 bits per heavy atom. The summed E-state index contributed by atoms with van der Waals surface area (Å²) in [5.74, 6) is 1.52. The molecule has 6 nitrogen and oxygen atoms in total. The van der Waals surface area contributed by atoms with Gasteiger partial charge in [0.1, 0.15) is 5.82 Å².